The van der Waals surface area contributed by atoms with Crippen molar-refractivity contribution in [1.82, 2.24) is 0 Å². The van der Waals surface area contributed by atoms with Crippen molar-refractivity contribution in [3.63, 3.8) is 0 Å². The van der Waals surface area contributed by atoms with Gasteiger partial charge in [0, 0.05) is 45.8 Å². The van der Waals surface area contributed by atoms with E-state index < -0.39 is 71.2 Å². The number of rotatable bonds is 0. The molecule has 0 N–H and O–H groups in total. The summed E-state index contributed by atoms with van der Waals surface area (Å²) in [5.74, 6) is 0. The minimum Gasteiger partial charge on any atom is -0.376 e. The Bertz CT molecular complexity index is 586. The molecule has 6 fully saturated rings. The SMILES string of the molecule is C[Si]12O[SiH]3O[Si]4(C)O[Si](C)(O1)O[Si]1(C)O[Si](C)(O2)O[Si](C)(O3)O[Si](C)(O4)O1. The second-order valence-corrected chi connectivity index (χ2v) is 30.4. The Hall–Kier alpha value is 1.26. The van der Waals surface area contributed by atoms with E-state index in [-0.39, 0.29) is 0 Å². The highest BCUT2D eigenvalue weighted by molar-refractivity contribution is 7.00. The van der Waals surface area contributed by atoms with Crippen molar-refractivity contribution in [1.29, 1.82) is 0 Å². The van der Waals surface area contributed by atoms with E-state index in [4.69, 9.17) is 49.4 Å². The summed E-state index contributed by atoms with van der Waals surface area (Å²) in [6.07, 6.45) is 0. The third-order valence-electron chi connectivity index (χ3n) is 4.27. The van der Waals surface area contributed by atoms with E-state index in [1.165, 1.54) is 0 Å². The molecule has 0 spiro atoms. The van der Waals surface area contributed by atoms with E-state index >= 15 is 0 Å². The van der Waals surface area contributed by atoms with Crippen molar-refractivity contribution < 1.29 is 49.4 Å². The fourth-order valence-electron chi connectivity index (χ4n) is 4.08. The van der Waals surface area contributed by atoms with Crippen molar-refractivity contribution in [3.8, 4) is 0 Å². The molecule has 0 amide bonds. The average Bonchev–Trinajstić information content (AvgIpc) is 2.24. The second-order valence-electron chi connectivity index (χ2n) is 7.60. The largest absolute Gasteiger partial charge is 0.475 e. The highest BCUT2D eigenvalue weighted by atomic mass is 28.6. The third kappa shape index (κ3) is 3.52. The fourth-order valence-corrected chi connectivity index (χ4v) is 46.3. The van der Waals surface area contributed by atoms with Gasteiger partial charge in [0.15, 0.2) is 0 Å². The first kappa shape index (κ1) is 20.2. The van der Waals surface area contributed by atoms with Gasteiger partial charge in [-0.25, -0.2) is 0 Å². The summed E-state index contributed by atoms with van der Waals surface area (Å²) < 4.78 is 75.7. The Kier molecular flexibility index (Phi) is 4.14. The van der Waals surface area contributed by atoms with Crippen molar-refractivity contribution in [3.05, 3.63) is 0 Å². The lowest BCUT2D eigenvalue weighted by atomic mass is 11.9. The van der Waals surface area contributed by atoms with Gasteiger partial charge < -0.3 is 49.4 Å². The van der Waals surface area contributed by atoms with E-state index in [1.54, 1.807) is 45.8 Å². The Morgan fingerprint density at radius 3 is 0.741 bits per heavy atom. The average molecular weight is 523 g/mol. The fraction of sp³-hybridized carbons (Fsp3) is 1.00. The van der Waals surface area contributed by atoms with Crippen molar-refractivity contribution >= 4 is 71.2 Å². The summed E-state index contributed by atoms with van der Waals surface area (Å²) in [4.78, 5) is 0. The molecule has 0 saturated carbocycles. The maximum atomic E-state index is 6.36. The highest BCUT2D eigenvalue weighted by Crippen LogP contribution is 2.45. The maximum Gasteiger partial charge on any atom is 0.475 e. The van der Waals surface area contributed by atoms with Gasteiger partial charge >= 0.3 is 71.2 Å². The molecule has 0 aromatic heterocycles. The lowest BCUT2D eigenvalue weighted by Gasteiger charge is -2.58. The zero-order valence-corrected chi connectivity index (χ0v) is 24.1. The first-order valence-electron chi connectivity index (χ1n) is 8.49. The van der Waals surface area contributed by atoms with Crippen LogP contribution in [-0.4, -0.2) is 71.2 Å². The Morgan fingerprint density at radius 2 is 0.519 bits per heavy atom. The van der Waals surface area contributed by atoms with Crippen LogP contribution in [0.1, 0.15) is 0 Å². The molecule has 0 radical (unpaired) electrons. The second kappa shape index (κ2) is 5.54. The molecule has 6 rings (SSSR count). The molecular weight excluding hydrogens is 501 g/mol. The molecule has 20 heteroatoms. The predicted molar refractivity (Wildman–Crippen MR) is 101 cm³/mol. The van der Waals surface area contributed by atoms with Crippen LogP contribution < -0.4 is 0 Å². The van der Waals surface area contributed by atoms with Crippen LogP contribution in [0.4, 0.5) is 0 Å². The Balaban J connectivity index is 1.76. The molecule has 0 aromatic rings. The van der Waals surface area contributed by atoms with Gasteiger partial charge in [0.1, 0.15) is 0 Å². The lowest BCUT2D eigenvalue weighted by Crippen LogP contribution is -2.84. The van der Waals surface area contributed by atoms with Crippen molar-refractivity contribution in [2.75, 3.05) is 0 Å². The molecule has 6 aliphatic heterocycles. The molecule has 0 unspecified atom stereocenters. The van der Waals surface area contributed by atoms with Crippen LogP contribution in [0.5, 0.6) is 0 Å². The van der Waals surface area contributed by atoms with Crippen molar-refractivity contribution in [2.24, 2.45) is 0 Å². The lowest BCUT2D eigenvalue weighted by molar-refractivity contribution is -0.0108. The van der Waals surface area contributed by atoms with Gasteiger partial charge in [0.25, 0.3) is 0 Å². The third-order valence-corrected chi connectivity index (χ3v) is 38.4. The van der Waals surface area contributed by atoms with Gasteiger partial charge in [-0.05, 0) is 0 Å². The van der Waals surface area contributed by atoms with E-state index in [1.807, 2.05) is 0 Å². The molecule has 8 bridgehead atoms. The zero-order chi connectivity index (χ0) is 19.6. The highest BCUT2D eigenvalue weighted by Gasteiger charge is 2.76. The van der Waals surface area contributed by atoms with Gasteiger partial charge in [0.05, 0.1) is 0 Å². The normalized spacial score (nSPS) is 65.2. The molecular formula is C7H22O12Si8. The van der Waals surface area contributed by atoms with E-state index in [9.17, 15) is 0 Å². The molecule has 6 saturated heterocycles. The maximum absolute atomic E-state index is 6.36. The van der Waals surface area contributed by atoms with E-state index in [0.717, 1.165) is 0 Å². The summed E-state index contributed by atoms with van der Waals surface area (Å²) in [5, 5.41) is 0. The molecule has 154 valence electrons. The van der Waals surface area contributed by atoms with Gasteiger partial charge in [-0.2, -0.15) is 0 Å². The number of hydrogen-bond acceptors (Lipinski definition) is 12. The molecule has 0 aliphatic carbocycles. The van der Waals surface area contributed by atoms with Crippen molar-refractivity contribution in [2.45, 2.75) is 45.8 Å². The summed E-state index contributed by atoms with van der Waals surface area (Å²) >= 11 is 0. The molecule has 12 nitrogen and oxygen atoms in total. The van der Waals surface area contributed by atoms with Crippen LogP contribution in [0.2, 0.25) is 45.8 Å². The Morgan fingerprint density at radius 1 is 0.333 bits per heavy atom. The monoisotopic (exact) mass is 522 g/mol. The summed E-state index contributed by atoms with van der Waals surface area (Å²) in [6, 6.07) is 0. The van der Waals surface area contributed by atoms with Gasteiger partial charge in [-0.1, -0.05) is 0 Å². The first-order chi connectivity index (χ1) is 12.1. The molecule has 27 heavy (non-hydrogen) atoms. The van der Waals surface area contributed by atoms with Crippen LogP contribution in [0.3, 0.4) is 0 Å². The standard InChI is InChI=1S/C7H22O12Si8/c1-21-8-20-9-22(2)13-24(4,11-21)17-27(7)18-25(5,12-21)14-23(3,10-20)16-26(6,15-22)19-27/h20H,1-7H3. The minimum absolute atomic E-state index is 1.74. The first-order valence-corrected chi connectivity index (χ1v) is 25.5. The summed E-state index contributed by atoms with van der Waals surface area (Å²) in [5.41, 5.74) is 0. The predicted octanol–water partition coefficient (Wildman–Crippen LogP) is -0.0483. The molecule has 0 atom stereocenters. The molecule has 0 aromatic carbocycles. The van der Waals surface area contributed by atoms with Gasteiger partial charge in [-0.3, -0.25) is 0 Å². The van der Waals surface area contributed by atoms with Crippen LogP contribution in [-0.2, 0) is 49.4 Å². The van der Waals surface area contributed by atoms with E-state index in [2.05, 4.69) is 0 Å². The molecule has 6 heterocycles. The smallest absolute Gasteiger partial charge is 0.376 e. The van der Waals surface area contributed by atoms with Crippen LogP contribution in [0.15, 0.2) is 0 Å². The van der Waals surface area contributed by atoms with Gasteiger partial charge in [-0.15, -0.1) is 0 Å². The summed E-state index contributed by atoms with van der Waals surface area (Å²) in [6.45, 7) is 12.2. The minimum atomic E-state index is -3.38. The van der Waals surface area contributed by atoms with Crippen LogP contribution >= 0.6 is 0 Å². The number of hydrogen-bond donors (Lipinski definition) is 0. The van der Waals surface area contributed by atoms with Crippen LogP contribution in [0.25, 0.3) is 0 Å². The topological polar surface area (TPSA) is 111 Å². The Labute approximate surface area is 166 Å². The molecule has 6 aliphatic rings. The van der Waals surface area contributed by atoms with Gasteiger partial charge in [0.2, 0.25) is 0 Å². The van der Waals surface area contributed by atoms with Crippen LogP contribution in [0, 0.1) is 0 Å². The zero-order valence-electron chi connectivity index (χ0n) is 16.0. The summed E-state index contributed by atoms with van der Waals surface area (Å²) in [7, 11) is -26.3. The van der Waals surface area contributed by atoms with E-state index in [0.29, 0.717) is 0 Å². The quantitative estimate of drug-likeness (QED) is 0.398.